The van der Waals surface area contributed by atoms with Gasteiger partial charge in [-0.3, -0.25) is 4.79 Å². The van der Waals surface area contributed by atoms with Crippen LogP contribution in [-0.4, -0.2) is 67.0 Å². The highest BCUT2D eigenvalue weighted by Gasteiger charge is 2.15. The van der Waals surface area contributed by atoms with Crippen molar-refractivity contribution in [3.8, 4) is 11.3 Å². The van der Waals surface area contributed by atoms with Gasteiger partial charge in [0.25, 0.3) is 5.91 Å². The van der Waals surface area contributed by atoms with E-state index in [2.05, 4.69) is 28.2 Å². The van der Waals surface area contributed by atoms with Crippen molar-refractivity contribution in [2.75, 3.05) is 46.3 Å². The summed E-state index contributed by atoms with van der Waals surface area (Å²) in [5.41, 5.74) is 4.52. The quantitative estimate of drug-likeness (QED) is 0.641. The minimum Gasteiger partial charge on any atom is -0.352 e. The first-order valence-electron chi connectivity index (χ1n) is 10.8. The molecule has 1 saturated heterocycles. The number of rotatable bonds is 6. The molecular formula is C25H30N4O. The maximum absolute atomic E-state index is 13.1. The van der Waals surface area contributed by atoms with Gasteiger partial charge < -0.3 is 15.1 Å². The second-order valence-corrected chi connectivity index (χ2v) is 8.20. The van der Waals surface area contributed by atoms with Gasteiger partial charge in [-0.2, -0.15) is 0 Å². The first-order chi connectivity index (χ1) is 14.6. The van der Waals surface area contributed by atoms with E-state index in [-0.39, 0.29) is 5.91 Å². The van der Waals surface area contributed by atoms with Gasteiger partial charge in [0.1, 0.15) is 0 Å². The van der Waals surface area contributed by atoms with Crippen molar-refractivity contribution in [1.82, 2.24) is 20.1 Å². The largest absolute Gasteiger partial charge is 0.352 e. The highest BCUT2D eigenvalue weighted by atomic mass is 16.1. The summed E-state index contributed by atoms with van der Waals surface area (Å²) in [4.78, 5) is 22.7. The molecule has 0 bridgehead atoms. The fourth-order valence-electron chi connectivity index (χ4n) is 3.96. The SMILES string of the molecule is Cc1ccc2nc(-c3ccccc3)cc(C(=O)NCCCN3CCN(C)CC3)c2c1. The lowest BCUT2D eigenvalue weighted by molar-refractivity contribution is 0.0951. The molecule has 4 rings (SSSR count). The van der Waals surface area contributed by atoms with E-state index in [0.29, 0.717) is 12.1 Å². The molecule has 0 aliphatic carbocycles. The summed E-state index contributed by atoms with van der Waals surface area (Å²) in [6, 6.07) is 18.1. The summed E-state index contributed by atoms with van der Waals surface area (Å²) in [6.07, 6.45) is 0.961. The Morgan fingerprint density at radius 2 is 1.80 bits per heavy atom. The topological polar surface area (TPSA) is 48.5 Å². The molecule has 3 aromatic rings. The third-order valence-corrected chi connectivity index (χ3v) is 5.81. The molecular weight excluding hydrogens is 372 g/mol. The standard InChI is InChI=1S/C25H30N4O/c1-19-9-10-23-21(17-19)22(18-24(27-23)20-7-4-3-5-8-20)25(30)26-11-6-12-29-15-13-28(2)14-16-29/h3-5,7-10,17-18H,6,11-16H2,1-2H3,(H,26,30). The summed E-state index contributed by atoms with van der Waals surface area (Å²) >= 11 is 0. The number of amides is 1. The number of aryl methyl sites for hydroxylation is 1. The number of nitrogens with zero attached hydrogens (tertiary/aromatic N) is 3. The van der Waals surface area contributed by atoms with Gasteiger partial charge in [-0.15, -0.1) is 0 Å². The molecule has 30 heavy (non-hydrogen) atoms. The molecule has 5 heteroatoms. The summed E-state index contributed by atoms with van der Waals surface area (Å²) < 4.78 is 0. The molecule has 0 saturated carbocycles. The van der Waals surface area contributed by atoms with Crippen LogP contribution in [0.3, 0.4) is 0 Å². The van der Waals surface area contributed by atoms with Crippen LogP contribution in [0.25, 0.3) is 22.2 Å². The fraction of sp³-hybridized carbons (Fsp3) is 0.360. The van der Waals surface area contributed by atoms with Crippen molar-refractivity contribution in [2.24, 2.45) is 0 Å². The van der Waals surface area contributed by atoms with Crippen LogP contribution >= 0.6 is 0 Å². The van der Waals surface area contributed by atoms with Gasteiger partial charge in [0.05, 0.1) is 16.8 Å². The molecule has 1 aliphatic rings. The van der Waals surface area contributed by atoms with Crippen molar-refractivity contribution < 1.29 is 4.79 Å². The maximum atomic E-state index is 13.1. The number of fused-ring (bicyclic) bond motifs is 1. The van der Waals surface area contributed by atoms with Crippen LogP contribution in [0.2, 0.25) is 0 Å². The van der Waals surface area contributed by atoms with E-state index in [1.807, 2.05) is 55.5 Å². The number of pyridine rings is 1. The van der Waals surface area contributed by atoms with E-state index >= 15 is 0 Å². The average Bonchev–Trinajstić information content (AvgIpc) is 2.77. The van der Waals surface area contributed by atoms with Crippen LogP contribution in [0.4, 0.5) is 0 Å². The molecule has 2 heterocycles. The Bertz CT molecular complexity index is 1010. The normalized spacial score (nSPS) is 15.4. The van der Waals surface area contributed by atoms with E-state index in [0.717, 1.165) is 66.9 Å². The Kier molecular flexibility index (Phi) is 6.41. The first kappa shape index (κ1) is 20.5. The van der Waals surface area contributed by atoms with E-state index in [9.17, 15) is 4.79 Å². The maximum Gasteiger partial charge on any atom is 0.252 e. The second kappa shape index (κ2) is 9.37. The van der Waals surface area contributed by atoms with Crippen LogP contribution in [0.15, 0.2) is 54.6 Å². The van der Waals surface area contributed by atoms with Gasteiger partial charge >= 0.3 is 0 Å². The predicted molar refractivity (Wildman–Crippen MR) is 123 cm³/mol. The van der Waals surface area contributed by atoms with Gasteiger partial charge in [0.2, 0.25) is 0 Å². The predicted octanol–water partition coefficient (Wildman–Crippen LogP) is 3.58. The van der Waals surface area contributed by atoms with Gasteiger partial charge in [-0.25, -0.2) is 4.98 Å². The highest BCUT2D eigenvalue weighted by Crippen LogP contribution is 2.25. The van der Waals surface area contributed by atoms with Crippen molar-refractivity contribution in [3.05, 3.63) is 65.7 Å². The van der Waals surface area contributed by atoms with Crippen LogP contribution in [0.1, 0.15) is 22.3 Å². The molecule has 1 aliphatic heterocycles. The molecule has 5 nitrogen and oxygen atoms in total. The molecule has 1 amide bonds. The molecule has 156 valence electrons. The van der Waals surface area contributed by atoms with Crippen molar-refractivity contribution in [1.29, 1.82) is 0 Å². The number of aromatic nitrogens is 1. The van der Waals surface area contributed by atoms with Crippen LogP contribution in [0, 0.1) is 6.92 Å². The van der Waals surface area contributed by atoms with Crippen molar-refractivity contribution in [3.63, 3.8) is 0 Å². The number of hydrogen-bond donors (Lipinski definition) is 1. The number of piperazine rings is 1. The Morgan fingerprint density at radius 3 is 2.57 bits per heavy atom. The lowest BCUT2D eigenvalue weighted by Gasteiger charge is -2.32. The second-order valence-electron chi connectivity index (χ2n) is 8.20. The van der Waals surface area contributed by atoms with Crippen molar-refractivity contribution >= 4 is 16.8 Å². The molecule has 0 unspecified atom stereocenters. The number of carbonyl (C=O) groups is 1. The Hall–Kier alpha value is -2.76. The van der Waals surface area contributed by atoms with Crippen LogP contribution in [-0.2, 0) is 0 Å². The highest BCUT2D eigenvalue weighted by molar-refractivity contribution is 6.07. The lowest BCUT2D eigenvalue weighted by Crippen LogP contribution is -2.45. The smallest absolute Gasteiger partial charge is 0.252 e. The third-order valence-electron chi connectivity index (χ3n) is 5.81. The van der Waals surface area contributed by atoms with Crippen LogP contribution in [0.5, 0.6) is 0 Å². The van der Waals surface area contributed by atoms with Crippen molar-refractivity contribution in [2.45, 2.75) is 13.3 Å². The zero-order valence-electron chi connectivity index (χ0n) is 17.9. The first-order valence-corrected chi connectivity index (χ1v) is 10.8. The van der Waals surface area contributed by atoms with Gasteiger partial charge in [0.15, 0.2) is 0 Å². The van der Waals surface area contributed by atoms with Gasteiger partial charge in [0, 0.05) is 43.7 Å². The monoisotopic (exact) mass is 402 g/mol. The minimum absolute atomic E-state index is 0.0245. The van der Waals surface area contributed by atoms with Gasteiger partial charge in [-0.1, -0.05) is 42.0 Å². The minimum atomic E-state index is -0.0245. The number of benzene rings is 2. The molecule has 1 N–H and O–H groups in total. The van der Waals surface area contributed by atoms with E-state index in [4.69, 9.17) is 4.98 Å². The Morgan fingerprint density at radius 1 is 1.03 bits per heavy atom. The Balaban J connectivity index is 1.48. The summed E-state index contributed by atoms with van der Waals surface area (Å²) in [5, 5.41) is 4.04. The van der Waals surface area contributed by atoms with Gasteiger partial charge in [-0.05, 0) is 45.1 Å². The molecule has 0 atom stereocenters. The molecule has 0 radical (unpaired) electrons. The molecule has 1 fully saturated rings. The number of hydrogen-bond acceptors (Lipinski definition) is 4. The lowest BCUT2D eigenvalue weighted by atomic mass is 10.0. The average molecular weight is 403 g/mol. The number of likely N-dealkylation sites (N-methyl/N-ethyl adjacent to an activating group) is 1. The Labute approximate surface area is 178 Å². The zero-order valence-corrected chi connectivity index (χ0v) is 17.9. The van der Waals surface area contributed by atoms with E-state index in [1.54, 1.807) is 0 Å². The molecule has 2 aromatic carbocycles. The van der Waals surface area contributed by atoms with Crippen LogP contribution < -0.4 is 5.32 Å². The summed E-state index contributed by atoms with van der Waals surface area (Å²) in [7, 11) is 2.17. The summed E-state index contributed by atoms with van der Waals surface area (Å²) in [5.74, 6) is -0.0245. The third kappa shape index (κ3) is 4.86. The number of carbonyl (C=O) groups excluding carboxylic acids is 1. The number of nitrogens with one attached hydrogen (secondary N) is 1. The van der Waals surface area contributed by atoms with E-state index < -0.39 is 0 Å². The van der Waals surface area contributed by atoms with E-state index in [1.165, 1.54) is 0 Å². The molecule has 0 spiro atoms. The zero-order chi connectivity index (χ0) is 20.9. The summed E-state index contributed by atoms with van der Waals surface area (Å²) in [6.45, 7) is 8.22. The molecule has 1 aromatic heterocycles. The fourth-order valence-corrected chi connectivity index (χ4v) is 3.96.